The van der Waals surface area contributed by atoms with E-state index in [-0.39, 0.29) is 5.91 Å². The highest BCUT2D eigenvalue weighted by atomic mass is 32.1. The molecular formula is C19H23N5OS. The van der Waals surface area contributed by atoms with E-state index in [1.165, 1.54) is 11.3 Å². The second kappa shape index (κ2) is 8.71. The van der Waals surface area contributed by atoms with Crippen molar-refractivity contribution in [3.63, 3.8) is 0 Å². The largest absolute Gasteiger partial charge is 0.296 e. The van der Waals surface area contributed by atoms with Crippen LogP contribution in [-0.4, -0.2) is 25.9 Å². The Kier molecular flexibility index (Phi) is 6.12. The predicted molar refractivity (Wildman–Crippen MR) is 104 cm³/mol. The number of aromatic nitrogens is 4. The van der Waals surface area contributed by atoms with Gasteiger partial charge < -0.3 is 0 Å². The fourth-order valence-corrected chi connectivity index (χ4v) is 3.54. The fraction of sp³-hybridized carbons (Fsp3) is 0.368. The van der Waals surface area contributed by atoms with Crippen molar-refractivity contribution in [1.82, 2.24) is 20.0 Å². The van der Waals surface area contributed by atoms with Crippen molar-refractivity contribution in [2.45, 2.75) is 46.1 Å². The number of carbonyl (C=O) groups is 1. The molecule has 0 fully saturated rings. The lowest BCUT2D eigenvalue weighted by molar-refractivity contribution is 0.102. The van der Waals surface area contributed by atoms with E-state index in [9.17, 15) is 4.79 Å². The SMILES string of the molecule is CCCCc1nnc(NC(=O)c2cnn(Cc3ccccc3)c2CC)s1. The van der Waals surface area contributed by atoms with Crippen molar-refractivity contribution in [2.24, 2.45) is 0 Å². The molecule has 0 aliphatic heterocycles. The summed E-state index contributed by atoms with van der Waals surface area (Å²) in [7, 11) is 0. The first kappa shape index (κ1) is 18.3. The van der Waals surface area contributed by atoms with Gasteiger partial charge in [0.15, 0.2) is 0 Å². The van der Waals surface area contributed by atoms with Crippen molar-refractivity contribution in [2.75, 3.05) is 5.32 Å². The molecular weight excluding hydrogens is 346 g/mol. The number of carbonyl (C=O) groups excluding carboxylic acids is 1. The molecule has 0 aliphatic rings. The average Bonchev–Trinajstić information content (AvgIpc) is 3.27. The Balaban J connectivity index is 1.72. The number of aryl methyl sites for hydroxylation is 1. The molecule has 2 heterocycles. The maximum absolute atomic E-state index is 12.7. The van der Waals surface area contributed by atoms with E-state index in [0.717, 1.165) is 41.9 Å². The molecule has 0 spiro atoms. The topological polar surface area (TPSA) is 72.7 Å². The van der Waals surface area contributed by atoms with Gasteiger partial charge in [-0.25, -0.2) is 0 Å². The van der Waals surface area contributed by atoms with Gasteiger partial charge in [0.2, 0.25) is 5.13 Å². The number of benzene rings is 1. The number of hydrogen-bond acceptors (Lipinski definition) is 5. The Hall–Kier alpha value is -2.54. The Morgan fingerprint density at radius 1 is 1.19 bits per heavy atom. The summed E-state index contributed by atoms with van der Waals surface area (Å²) in [6.45, 7) is 4.82. The Labute approximate surface area is 157 Å². The summed E-state index contributed by atoms with van der Waals surface area (Å²) in [4.78, 5) is 12.7. The molecule has 0 saturated heterocycles. The number of unbranched alkanes of at least 4 members (excludes halogenated alkanes) is 1. The lowest BCUT2D eigenvalue weighted by Gasteiger charge is -2.08. The van der Waals surface area contributed by atoms with Crippen LogP contribution in [0.4, 0.5) is 5.13 Å². The van der Waals surface area contributed by atoms with Crippen LogP contribution in [0.25, 0.3) is 0 Å². The summed E-state index contributed by atoms with van der Waals surface area (Å²) >= 11 is 1.44. The van der Waals surface area contributed by atoms with Crippen molar-refractivity contribution in [3.05, 3.63) is 58.4 Å². The van der Waals surface area contributed by atoms with E-state index in [1.54, 1.807) is 6.20 Å². The van der Waals surface area contributed by atoms with Crippen LogP contribution < -0.4 is 5.32 Å². The summed E-state index contributed by atoms with van der Waals surface area (Å²) in [5.74, 6) is -0.181. The average molecular weight is 369 g/mol. The van der Waals surface area contributed by atoms with Gasteiger partial charge in [-0.05, 0) is 18.4 Å². The minimum Gasteiger partial charge on any atom is -0.296 e. The van der Waals surface area contributed by atoms with Gasteiger partial charge in [0.1, 0.15) is 5.01 Å². The molecule has 0 unspecified atom stereocenters. The maximum Gasteiger partial charge on any atom is 0.260 e. The van der Waals surface area contributed by atoms with Gasteiger partial charge in [-0.1, -0.05) is 61.9 Å². The second-order valence-electron chi connectivity index (χ2n) is 6.06. The van der Waals surface area contributed by atoms with Crippen molar-refractivity contribution in [1.29, 1.82) is 0 Å². The zero-order valence-electron chi connectivity index (χ0n) is 15.1. The number of nitrogens with one attached hydrogen (secondary N) is 1. The molecule has 1 N–H and O–H groups in total. The smallest absolute Gasteiger partial charge is 0.260 e. The van der Waals surface area contributed by atoms with Gasteiger partial charge in [-0.3, -0.25) is 14.8 Å². The van der Waals surface area contributed by atoms with Gasteiger partial charge in [-0.2, -0.15) is 5.10 Å². The number of rotatable bonds is 8. The lowest BCUT2D eigenvalue weighted by atomic mass is 10.2. The van der Waals surface area contributed by atoms with Gasteiger partial charge in [0.05, 0.1) is 24.0 Å². The Bertz CT molecular complexity index is 856. The molecule has 0 aliphatic carbocycles. The highest BCUT2D eigenvalue weighted by Crippen LogP contribution is 2.19. The van der Waals surface area contributed by atoms with Crippen LogP contribution >= 0.6 is 11.3 Å². The van der Waals surface area contributed by atoms with Crippen LogP contribution in [0.3, 0.4) is 0 Å². The van der Waals surface area contributed by atoms with Crippen LogP contribution in [0.15, 0.2) is 36.5 Å². The predicted octanol–water partition coefficient (Wildman–Crippen LogP) is 3.94. The number of hydrogen-bond donors (Lipinski definition) is 1. The molecule has 1 aromatic carbocycles. The molecule has 3 rings (SSSR count). The summed E-state index contributed by atoms with van der Waals surface area (Å²) in [5, 5.41) is 17.0. The molecule has 3 aromatic rings. The zero-order valence-corrected chi connectivity index (χ0v) is 15.9. The van der Waals surface area contributed by atoms with E-state index >= 15 is 0 Å². The summed E-state index contributed by atoms with van der Waals surface area (Å²) in [5.41, 5.74) is 2.66. The minimum atomic E-state index is -0.181. The van der Waals surface area contributed by atoms with E-state index < -0.39 is 0 Å². The quantitative estimate of drug-likeness (QED) is 0.653. The molecule has 0 atom stereocenters. The molecule has 7 heteroatoms. The second-order valence-corrected chi connectivity index (χ2v) is 7.12. The number of amides is 1. The Morgan fingerprint density at radius 2 is 2.00 bits per heavy atom. The first-order valence-electron chi connectivity index (χ1n) is 8.93. The van der Waals surface area contributed by atoms with Crippen LogP contribution in [0.2, 0.25) is 0 Å². The third-order valence-corrected chi connectivity index (χ3v) is 5.03. The molecule has 136 valence electrons. The highest BCUT2D eigenvalue weighted by Gasteiger charge is 2.18. The normalized spacial score (nSPS) is 10.8. The van der Waals surface area contributed by atoms with E-state index in [2.05, 4.69) is 39.7 Å². The van der Waals surface area contributed by atoms with Crippen LogP contribution in [0.5, 0.6) is 0 Å². The standard InChI is InChI=1S/C19H23N5OS/c1-3-5-11-17-22-23-19(26-17)21-18(25)15-12-20-24(16(15)4-2)13-14-9-7-6-8-10-14/h6-10,12H,3-5,11,13H2,1-2H3,(H,21,23,25). The first-order valence-corrected chi connectivity index (χ1v) is 9.75. The van der Waals surface area contributed by atoms with Gasteiger partial charge in [0, 0.05) is 6.42 Å². The molecule has 1 amide bonds. The fourth-order valence-electron chi connectivity index (χ4n) is 2.76. The summed E-state index contributed by atoms with van der Waals surface area (Å²) in [6.07, 6.45) is 5.46. The monoisotopic (exact) mass is 369 g/mol. The third kappa shape index (κ3) is 4.35. The number of anilines is 1. The molecule has 6 nitrogen and oxygen atoms in total. The highest BCUT2D eigenvalue weighted by molar-refractivity contribution is 7.15. The van der Waals surface area contributed by atoms with Crippen molar-refractivity contribution < 1.29 is 4.79 Å². The van der Waals surface area contributed by atoms with Crippen LogP contribution in [-0.2, 0) is 19.4 Å². The van der Waals surface area contributed by atoms with E-state index in [0.29, 0.717) is 17.2 Å². The zero-order chi connectivity index (χ0) is 18.4. The van der Waals surface area contributed by atoms with E-state index in [1.807, 2.05) is 29.8 Å². The van der Waals surface area contributed by atoms with Crippen LogP contribution in [0, 0.1) is 0 Å². The molecule has 2 aromatic heterocycles. The van der Waals surface area contributed by atoms with Crippen molar-refractivity contribution >= 4 is 22.4 Å². The van der Waals surface area contributed by atoms with Crippen LogP contribution in [0.1, 0.15) is 53.3 Å². The lowest BCUT2D eigenvalue weighted by Crippen LogP contribution is -2.15. The molecule has 0 radical (unpaired) electrons. The van der Waals surface area contributed by atoms with Gasteiger partial charge >= 0.3 is 0 Å². The Morgan fingerprint density at radius 3 is 2.73 bits per heavy atom. The first-order chi connectivity index (χ1) is 12.7. The molecule has 26 heavy (non-hydrogen) atoms. The summed E-state index contributed by atoms with van der Waals surface area (Å²) in [6, 6.07) is 10.1. The van der Waals surface area contributed by atoms with Gasteiger partial charge in [-0.15, -0.1) is 10.2 Å². The number of nitrogens with zero attached hydrogens (tertiary/aromatic N) is 4. The third-order valence-electron chi connectivity index (χ3n) is 4.13. The maximum atomic E-state index is 12.7. The van der Waals surface area contributed by atoms with Gasteiger partial charge in [0.25, 0.3) is 5.91 Å². The summed E-state index contributed by atoms with van der Waals surface area (Å²) < 4.78 is 1.89. The molecule has 0 bridgehead atoms. The minimum absolute atomic E-state index is 0.181. The molecule has 0 saturated carbocycles. The van der Waals surface area contributed by atoms with Crippen molar-refractivity contribution in [3.8, 4) is 0 Å². The van der Waals surface area contributed by atoms with E-state index in [4.69, 9.17) is 0 Å².